The van der Waals surface area contributed by atoms with Gasteiger partial charge in [0.1, 0.15) is 5.82 Å². The Labute approximate surface area is 70.8 Å². The van der Waals surface area contributed by atoms with Crippen LogP contribution >= 0.6 is 0 Å². The Morgan fingerprint density at radius 3 is 3.08 bits per heavy atom. The second-order valence-corrected chi connectivity index (χ2v) is 2.29. The fraction of sp³-hybridized carbons (Fsp3) is 0.250. The molecule has 0 saturated carbocycles. The average molecular weight is 165 g/mol. The first-order valence-corrected chi connectivity index (χ1v) is 3.74. The van der Waals surface area contributed by atoms with Crippen molar-refractivity contribution >= 4 is 11.7 Å². The third kappa shape index (κ3) is 1.72. The van der Waals surface area contributed by atoms with E-state index in [2.05, 4.69) is 10.3 Å². The first-order valence-electron chi connectivity index (χ1n) is 3.74. The predicted octanol–water partition coefficient (Wildman–Crippen LogP) is 0.612. The van der Waals surface area contributed by atoms with E-state index < -0.39 is 5.91 Å². The Kier molecular flexibility index (Phi) is 2.63. The molecule has 1 rings (SSSR count). The summed E-state index contributed by atoms with van der Waals surface area (Å²) in [6, 6.07) is 3.33. The highest BCUT2D eigenvalue weighted by Crippen LogP contribution is 2.09. The lowest BCUT2D eigenvalue weighted by molar-refractivity contribution is 0.100. The maximum absolute atomic E-state index is 10.8. The van der Waals surface area contributed by atoms with Crippen LogP contribution in [-0.4, -0.2) is 17.4 Å². The van der Waals surface area contributed by atoms with E-state index >= 15 is 0 Å². The number of aromatic nitrogens is 1. The maximum Gasteiger partial charge on any atom is 0.252 e. The van der Waals surface area contributed by atoms with Crippen LogP contribution in [0.3, 0.4) is 0 Å². The van der Waals surface area contributed by atoms with E-state index in [0.29, 0.717) is 11.4 Å². The SMILES string of the molecule is CCNc1ncccc1C(N)=O. The molecule has 4 nitrogen and oxygen atoms in total. The van der Waals surface area contributed by atoms with Crippen LogP contribution in [0.4, 0.5) is 5.82 Å². The Hall–Kier alpha value is -1.58. The first-order chi connectivity index (χ1) is 5.75. The van der Waals surface area contributed by atoms with Gasteiger partial charge < -0.3 is 11.1 Å². The molecule has 0 saturated heterocycles. The quantitative estimate of drug-likeness (QED) is 0.689. The third-order valence-electron chi connectivity index (χ3n) is 1.42. The Morgan fingerprint density at radius 1 is 1.75 bits per heavy atom. The highest BCUT2D eigenvalue weighted by Gasteiger charge is 2.06. The molecule has 0 fully saturated rings. The van der Waals surface area contributed by atoms with Gasteiger partial charge in [-0.15, -0.1) is 0 Å². The summed E-state index contributed by atoms with van der Waals surface area (Å²) < 4.78 is 0. The van der Waals surface area contributed by atoms with Gasteiger partial charge in [0.05, 0.1) is 5.56 Å². The number of nitrogens with two attached hydrogens (primary N) is 1. The van der Waals surface area contributed by atoms with Crippen LogP contribution in [0.1, 0.15) is 17.3 Å². The van der Waals surface area contributed by atoms with Crippen molar-refractivity contribution in [3.05, 3.63) is 23.9 Å². The molecule has 0 aliphatic rings. The summed E-state index contributed by atoms with van der Waals surface area (Å²) in [4.78, 5) is 14.8. The summed E-state index contributed by atoms with van der Waals surface area (Å²) >= 11 is 0. The number of hydrogen-bond acceptors (Lipinski definition) is 3. The van der Waals surface area contributed by atoms with Gasteiger partial charge in [0, 0.05) is 12.7 Å². The number of carbonyl (C=O) groups is 1. The van der Waals surface area contributed by atoms with E-state index in [1.807, 2.05) is 6.92 Å². The highest BCUT2D eigenvalue weighted by molar-refractivity contribution is 5.97. The standard InChI is InChI=1S/C8H11N3O/c1-2-10-8-6(7(9)12)4-3-5-11-8/h3-5H,2H2,1H3,(H2,9,12)(H,10,11). The molecular weight excluding hydrogens is 154 g/mol. The summed E-state index contributed by atoms with van der Waals surface area (Å²) in [5.74, 6) is 0.0894. The van der Waals surface area contributed by atoms with Crippen molar-refractivity contribution < 1.29 is 4.79 Å². The fourth-order valence-electron chi connectivity index (χ4n) is 0.912. The van der Waals surface area contributed by atoms with Crippen molar-refractivity contribution in [2.24, 2.45) is 5.73 Å². The van der Waals surface area contributed by atoms with E-state index in [4.69, 9.17) is 5.73 Å². The van der Waals surface area contributed by atoms with Gasteiger partial charge in [-0.25, -0.2) is 4.98 Å². The smallest absolute Gasteiger partial charge is 0.252 e. The van der Waals surface area contributed by atoms with Crippen molar-refractivity contribution in [2.75, 3.05) is 11.9 Å². The van der Waals surface area contributed by atoms with E-state index in [1.54, 1.807) is 18.3 Å². The zero-order chi connectivity index (χ0) is 8.97. The molecule has 0 spiro atoms. The van der Waals surface area contributed by atoms with Crippen molar-refractivity contribution in [2.45, 2.75) is 6.92 Å². The number of rotatable bonds is 3. The summed E-state index contributed by atoms with van der Waals surface area (Å²) in [6.45, 7) is 2.65. The van der Waals surface area contributed by atoms with Crippen LogP contribution < -0.4 is 11.1 Å². The van der Waals surface area contributed by atoms with Crippen LogP contribution in [-0.2, 0) is 0 Å². The lowest BCUT2D eigenvalue weighted by Gasteiger charge is -2.04. The second-order valence-electron chi connectivity index (χ2n) is 2.29. The van der Waals surface area contributed by atoms with Gasteiger partial charge >= 0.3 is 0 Å². The number of nitrogens with zero attached hydrogens (tertiary/aromatic N) is 1. The minimum atomic E-state index is -0.459. The molecule has 1 heterocycles. The van der Waals surface area contributed by atoms with Crippen LogP contribution in [0.25, 0.3) is 0 Å². The lowest BCUT2D eigenvalue weighted by Crippen LogP contribution is -2.15. The van der Waals surface area contributed by atoms with Crippen LogP contribution in [0.5, 0.6) is 0 Å². The molecule has 0 atom stereocenters. The number of amides is 1. The minimum Gasteiger partial charge on any atom is -0.370 e. The summed E-state index contributed by atoms with van der Waals surface area (Å²) in [6.07, 6.45) is 1.62. The monoisotopic (exact) mass is 165 g/mol. The van der Waals surface area contributed by atoms with Gasteiger partial charge in [-0.3, -0.25) is 4.79 Å². The van der Waals surface area contributed by atoms with Gasteiger partial charge in [0.25, 0.3) is 5.91 Å². The number of primary amides is 1. The fourth-order valence-corrected chi connectivity index (χ4v) is 0.912. The molecule has 64 valence electrons. The summed E-state index contributed by atoms with van der Waals surface area (Å²) in [5.41, 5.74) is 5.56. The Morgan fingerprint density at radius 2 is 2.50 bits per heavy atom. The van der Waals surface area contributed by atoms with Crippen LogP contribution in [0.15, 0.2) is 18.3 Å². The van der Waals surface area contributed by atoms with Gasteiger partial charge in [-0.2, -0.15) is 0 Å². The zero-order valence-electron chi connectivity index (χ0n) is 6.87. The van der Waals surface area contributed by atoms with E-state index in [9.17, 15) is 4.79 Å². The topological polar surface area (TPSA) is 68.0 Å². The first kappa shape index (κ1) is 8.52. The summed E-state index contributed by atoms with van der Waals surface area (Å²) in [7, 11) is 0. The second kappa shape index (κ2) is 3.71. The molecule has 0 aromatic carbocycles. The largest absolute Gasteiger partial charge is 0.370 e. The molecular formula is C8H11N3O. The van der Waals surface area contributed by atoms with Gasteiger partial charge in [0.2, 0.25) is 0 Å². The van der Waals surface area contributed by atoms with Crippen LogP contribution in [0, 0.1) is 0 Å². The molecule has 0 aliphatic carbocycles. The number of carbonyl (C=O) groups excluding carboxylic acids is 1. The lowest BCUT2D eigenvalue weighted by atomic mass is 10.2. The molecule has 1 aromatic heterocycles. The van der Waals surface area contributed by atoms with Crippen molar-refractivity contribution in [3.63, 3.8) is 0 Å². The van der Waals surface area contributed by atoms with E-state index in [-0.39, 0.29) is 0 Å². The third-order valence-corrected chi connectivity index (χ3v) is 1.42. The van der Waals surface area contributed by atoms with Crippen molar-refractivity contribution in [1.29, 1.82) is 0 Å². The Balaban J connectivity index is 3.00. The molecule has 1 aromatic rings. The van der Waals surface area contributed by atoms with Gasteiger partial charge in [0.15, 0.2) is 0 Å². The molecule has 0 bridgehead atoms. The molecule has 0 radical (unpaired) electrons. The number of anilines is 1. The molecule has 3 N–H and O–H groups in total. The van der Waals surface area contributed by atoms with Gasteiger partial charge in [-0.1, -0.05) is 0 Å². The molecule has 1 amide bonds. The number of hydrogen-bond donors (Lipinski definition) is 2. The van der Waals surface area contributed by atoms with E-state index in [0.717, 1.165) is 6.54 Å². The zero-order valence-corrected chi connectivity index (χ0v) is 6.87. The molecule has 0 unspecified atom stereocenters. The van der Waals surface area contributed by atoms with E-state index in [1.165, 1.54) is 0 Å². The Bertz CT molecular complexity index is 285. The average Bonchev–Trinajstić information content (AvgIpc) is 2.05. The van der Waals surface area contributed by atoms with Crippen LogP contribution in [0.2, 0.25) is 0 Å². The minimum absolute atomic E-state index is 0.430. The number of nitrogens with one attached hydrogen (secondary N) is 1. The van der Waals surface area contributed by atoms with Crippen molar-refractivity contribution in [1.82, 2.24) is 4.98 Å². The molecule has 12 heavy (non-hydrogen) atoms. The highest BCUT2D eigenvalue weighted by atomic mass is 16.1. The maximum atomic E-state index is 10.8. The molecule has 0 aliphatic heterocycles. The molecule has 4 heteroatoms. The van der Waals surface area contributed by atoms with Crippen molar-refractivity contribution in [3.8, 4) is 0 Å². The predicted molar refractivity (Wildman–Crippen MR) is 46.9 cm³/mol. The number of pyridine rings is 1. The normalized spacial score (nSPS) is 9.42. The summed E-state index contributed by atoms with van der Waals surface area (Å²) in [5, 5.41) is 2.95. The van der Waals surface area contributed by atoms with Gasteiger partial charge in [-0.05, 0) is 19.1 Å².